The van der Waals surface area contributed by atoms with E-state index >= 15 is 0 Å². The van der Waals surface area contributed by atoms with Gasteiger partial charge < -0.3 is 5.32 Å². The molecule has 2 heterocycles. The van der Waals surface area contributed by atoms with E-state index in [0.29, 0.717) is 17.1 Å². The summed E-state index contributed by atoms with van der Waals surface area (Å²) < 4.78 is 1.48. The Morgan fingerprint density at radius 1 is 1.04 bits per heavy atom. The minimum atomic E-state index is -0.126. The summed E-state index contributed by atoms with van der Waals surface area (Å²) in [6.07, 6.45) is 0. The van der Waals surface area contributed by atoms with Gasteiger partial charge in [0.25, 0.3) is 5.56 Å². The number of aryl methyl sites for hydroxylation is 2. The average Bonchev–Trinajstić information content (AvgIpc) is 3.14. The number of hydrogen-bond donors (Lipinski definition) is 1. The lowest BCUT2D eigenvalue weighted by Gasteiger charge is -2.11. The van der Waals surface area contributed by atoms with Gasteiger partial charge in [-0.25, -0.2) is 4.68 Å². The van der Waals surface area contributed by atoms with Crippen LogP contribution in [-0.4, -0.2) is 27.0 Å². The van der Waals surface area contributed by atoms with Crippen LogP contribution in [0.15, 0.2) is 47.3 Å². The molecule has 1 N–H and O–H groups in total. The fourth-order valence-corrected chi connectivity index (χ4v) is 3.67. The van der Waals surface area contributed by atoms with E-state index < -0.39 is 0 Å². The van der Waals surface area contributed by atoms with Crippen LogP contribution in [0, 0.1) is 13.8 Å². The third-order valence-corrected chi connectivity index (χ3v) is 5.54. The first-order chi connectivity index (χ1) is 13.1. The Bertz CT molecular complexity index is 1190. The van der Waals surface area contributed by atoms with E-state index in [1.807, 2.05) is 24.3 Å². The molecule has 27 heavy (non-hydrogen) atoms. The van der Waals surface area contributed by atoms with Crippen LogP contribution in [0.3, 0.4) is 0 Å². The van der Waals surface area contributed by atoms with Crippen molar-refractivity contribution in [3.05, 3.63) is 69.0 Å². The molecule has 0 fully saturated rings. The van der Waals surface area contributed by atoms with Crippen LogP contribution in [0.25, 0.3) is 22.0 Å². The molecule has 0 amide bonds. The molecule has 0 aliphatic heterocycles. The van der Waals surface area contributed by atoms with Crippen LogP contribution in [0.2, 0.25) is 0 Å². The second-order valence-corrected chi connectivity index (χ2v) is 7.47. The highest BCUT2D eigenvalue weighted by Crippen LogP contribution is 2.26. The van der Waals surface area contributed by atoms with Crippen LogP contribution in [0.1, 0.15) is 16.1 Å². The van der Waals surface area contributed by atoms with Crippen molar-refractivity contribution in [3.8, 4) is 11.3 Å². The summed E-state index contributed by atoms with van der Waals surface area (Å²) in [6, 6.07) is 13.9. The molecular formula is C20H19N5OS. The van der Waals surface area contributed by atoms with E-state index in [1.165, 1.54) is 27.1 Å². The summed E-state index contributed by atoms with van der Waals surface area (Å²) in [5, 5.41) is 18.8. The average molecular weight is 377 g/mol. The molecule has 136 valence electrons. The molecule has 4 aromatic rings. The molecule has 2 aromatic heterocycles. The van der Waals surface area contributed by atoms with Crippen molar-refractivity contribution in [2.24, 2.45) is 0 Å². The topological polar surface area (TPSA) is 72.7 Å². The Kier molecular flexibility index (Phi) is 4.45. The van der Waals surface area contributed by atoms with Crippen molar-refractivity contribution in [1.82, 2.24) is 20.0 Å². The molecule has 7 heteroatoms. The molecule has 0 spiro atoms. The largest absolute Gasteiger partial charge is 0.363 e. The van der Waals surface area contributed by atoms with Crippen molar-refractivity contribution in [2.75, 3.05) is 12.4 Å². The standard InChI is InChI=1S/C20H19N5OS/c1-12-8-9-14(10-13(12)2)18-15-6-4-5-7-16(15)19(26)25(24-18)11-17-22-23-20(21-3)27-17/h4-10H,11H2,1-3H3,(H,21,23). The van der Waals surface area contributed by atoms with Crippen molar-refractivity contribution in [1.29, 1.82) is 0 Å². The Morgan fingerprint density at radius 3 is 2.52 bits per heavy atom. The van der Waals surface area contributed by atoms with E-state index in [-0.39, 0.29) is 5.56 Å². The summed E-state index contributed by atoms with van der Waals surface area (Å²) in [6.45, 7) is 4.46. The fourth-order valence-electron chi connectivity index (χ4n) is 2.99. The summed E-state index contributed by atoms with van der Waals surface area (Å²) >= 11 is 1.41. The van der Waals surface area contributed by atoms with Crippen LogP contribution < -0.4 is 10.9 Å². The van der Waals surface area contributed by atoms with Crippen LogP contribution in [-0.2, 0) is 6.54 Å². The number of nitrogens with zero attached hydrogens (tertiary/aromatic N) is 4. The van der Waals surface area contributed by atoms with E-state index in [0.717, 1.165) is 21.7 Å². The zero-order valence-corrected chi connectivity index (χ0v) is 16.2. The van der Waals surface area contributed by atoms with E-state index in [9.17, 15) is 4.79 Å². The Hall–Kier alpha value is -3.06. The molecule has 0 atom stereocenters. The highest BCUT2D eigenvalue weighted by molar-refractivity contribution is 7.15. The van der Waals surface area contributed by atoms with Crippen molar-refractivity contribution < 1.29 is 0 Å². The first kappa shape index (κ1) is 17.4. The minimum Gasteiger partial charge on any atom is -0.363 e. The van der Waals surface area contributed by atoms with Gasteiger partial charge in [-0.15, -0.1) is 10.2 Å². The lowest BCUT2D eigenvalue weighted by Crippen LogP contribution is -2.24. The summed E-state index contributed by atoms with van der Waals surface area (Å²) in [5.74, 6) is 0. The molecule has 0 unspecified atom stereocenters. The molecule has 2 aromatic carbocycles. The molecule has 0 bridgehead atoms. The van der Waals surface area contributed by atoms with Crippen LogP contribution >= 0.6 is 11.3 Å². The van der Waals surface area contributed by atoms with Crippen molar-refractivity contribution in [3.63, 3.8) is 0 Å². The van der Waals surface area contributed by atoms with Gasteiger partial charge in [0.05, 0.1) is 17.6 Å². The fraction of sp³-hybridized carbons (Fsp3) is 0.200. The zero-order chi connectivity index (χ0) is 19.0. The van der Waals surface area contributed by atoms with E-state index in [2.05, 4.69) is 47.6 Å². The van der Waals surface area contributed by atoms with E-state index in [1.54, 1.807) is 7.05 Å². The number of aromatic nitrogens is 4. The van der Waals surface area contributed by atoms with Gasteiger partial charge >= 0.3 is 0 Å². The quantitative estimate of drug-likeness (QED) is 0.588. The van der Waals surface area contributed by atoms with Crippen LogP contribution in [0.4, 0.5) is 5.13 Å². The minimum absolute atomic E-state index is 0.126. The Balaban J connectivity index is 1.91. The number of anilines is 1. The maximum absolute atomic E-state index is 13.0. The van der Waals surface area contributed by atoms with E-state index in [4.69, 9.17) is 5.10 Å². The zero-order valence-electron chi connectivity index (χ0n) is 15.4. The molecule has 4 rings (SSSR count). The molecule has 0 saturated heterocycles. The maximum Gasteiger partial charge on any atom is 0.275 e. The van der Waals surface area contributed by atoms with Gasteiger partial charge in [0.1, 0.15) is 5.01 Å². The third kappa shape index (κ3) is 3.21. The number of rotatable bonds is 4. The second kappa shape index (κ2) is 6.92. The van der Waals surface area contributed by atoms with Gasteiger partial charge in [-0.3, -0.25) is 4.79 Å². The first-order valence-corrected chi connectivity index (χ1v) is 9.46. The van der Waals surface area contributed by atoms with Crippen molar-refractivity contribution in [2.45, 2.75) is 20.4 Å². The van der Waals surface area contributed by atoms with Gasteiger partial charge in [0.15, 0.2) is 0 Å². The Labute approximate surface area is 160 Å². The normalized spacial score (nSPS) is 11.1. The van der Waals surface area contributed by atoms with Gasteiger partial charge in [-0.05, 0) is 37.1 Å². The lowest BCUT2D eigenvalue weighted by atomic mass is 10.0. The molecule has 0 aliphatic rings. The predicted octanol–water partition coefficient (Wildman–Crippen LogP) is 3.62. The predicted molar refractivity (Wildman–Crippen MR) is 109 cm³/mol. The molecule has 0 aliphatic carbocycles. The lowest BCUT2D eigenvalue weighted by molar-refractivity contribution is 0.643. The van der Waals surface area contributed by atoms with Gasteiger partial charge in [0, 0.05) is 18.0 Å². The highest BCUT2D eigenvalue weighted by atomic mass is 32.1. The highest BCUT2D eigenvalue weighted by Gasteiger charge is 2.14. The molecule has 6 nitrogen and oxygen atoms in total. The summed E-state index contributed by atoms with van der Waals surface area (Å²) in [4.78, 5) is 13.0. The molecule has 0 saturated carbocycles. The maximum atomic E-state index is 13.0. The smallest absolute Gasteiger partial charge is 0.275 e. The van der Waals surface area contributed by atoms with Gasteiger partial charge in [-0.1, -0.05) is 41.7 Å². The first-order valence-electron chi connectivity index (χ1n) is 8.64. The number of nitrogens with one attached hydrogen (secondary N) is 1. The number of benzene rings is 2. The number of hydrogen-bond acceptors (Lipinski definition) is 6. The second-order valence-electron chi connectivity index (χ2n) is 6.41. The van der Waals surface area contributed by atoms with Gasteiger partial charge in [-0.2, -0.15) is 5.10 Å². The molecule has 0 radical (unpaired) electrons. The number of fused-ring (bicyclic) bond motifs is 1. The molecular weight excluding hydrogens is 358 g/mol. The Morgan fingerprint density at radius 2 is 1.81 bits per heavy atom. The SMILES string of the molecule is CNc1nnc(Cn2nc(-c3ccc(C)c(C)c3)c3ccccc3c2=O)s1. The summed E-state index contributed by atoms with van der Waals surface area (Å²) in [7, 11) is 1.79. The van der Waals surface area contributed by atoms with Gasteiger partial charge in [0.2, 0.25) is 5.13 Å². The van der Waals surface area contributed by atoms with Crippen LogP contribution in [0.5, 0.6) is 0 Å². The summed E-state index contributed by atoms with van der Waals surface area (Å²) in [5.41, 5.74) is 4.09. The third-order valence-electron chi connectivity index (χ3n) is 4.61. The van der Waals surface area contributed by atoms with Crippen molar-refractivity contribution >= 4 is 27.2 Å². The monoisotopic (exact) mass is 377 g/mol.